The maximum atomic E-state index is 12.7. The van der Waals surface area contributed by atoms with Crippen LogP contribution in [0, 0.1) is 0 Å². The molecule has 0 atom stereocenters. The number of allylic oxidation sites excluding steroid dienone is 1. The molecule has 0 aliphatic heterocycles. The number of nitrogens with one attached hydrogen (secondary N) is 1. The van der Waals surface area contributed by atoms with Crippen molar-refractivity contribution in [2.24, 2.45) is 0 Å². The Morgan fingerprint density at radius 1 is 0.833 bits per heavy atom. The average molecular weight is 483 g/mol. The largest absolute Gasteiger partial charge is 0.495 e. The van der Waals surface area contributed by atoms with Crippen LogP contribution in [0.5, 0.6) is 17.2 Å². The highest BCUT2D eigenvalue weighted by Crippen LogP contribution is 2.29. The van der Waals surface area contributed by atoms with E-state index in [1.54, 1.807) is 48.5 Å². The van der Waals surface area contributed by atoms with E-state index in [0.29, 0.717) is 28.5 Å². The molecule has 36 heavy (non-hydrogen) atoms. The zero-order valence-corrected chi connectivity index (χ0v) is 20.0. The molecule has 4 aromatic rings. The van der Waals surface area contributed by atoms with Crippen molar-refractivity contribution in [2.75, 3.05) is 26.1 Å². The Morgan fingerprint density at radius 3 is 2.39 bits per heavy atom. The third kappa shape index (κ3) is 6.01. The van der Waals surface area contributed by atoms with Gasteiger partial charge in [0.1, 0.15) is 5.75 Å². The first kappa shape index (κ1) is 24.3. The van der Waals surface area contributed by atoms with Crippen LogP contribution < -0.4 is 19.5 Å². The molecule has 7 nitrogen and oxygen atoms in total. The first-order chi connectivity index (χ1) is 17.6. The van der Waals surface area contributed by atoms with E-state index >= 15 is 0 Å². The molecule has 7 heteroatoms. The standard InChI is InChI=1S/C29H26N2O5/c1-34-26-11-4-3-10-24(26)30-29(33)20-36-27-15-13-21(18-28(27)35-2)12-14-25(32)22-8-7-9-23(19-22)31-16-5-6-17-31/h3-19H,20H2,1-2H3,(H,30,33)/b14-12+. The first-order valence-corrected chi connectivity index (χ1v) is 11.3. The molecule has 1 N–H and O–H groups in total. The van der Waals surface area contributed by atoms with Crippen molar-refractivity contribution in [1.82, 2.24) is 4.57 Å². The molecule has 0 aliphatic carbocycles. The molecule has 182 valence electrons. The van der Waals surface area contributed by atoms with Crippen molar-refractivity contribution in [2.45, 2.75) is 0 Å². The Kier molecular flexibility index (Phi) is 7.83. The summed E-state index contributed by atoms with van der Waals surface area (Å²) in [5.41, 5.74) is 2.82. The summed E-state index contributed by atoms with van der Waals surface area (Å²) >= 11 is 0. The Morgan fingerprint density at radius 2 is 1.61 bits per heavy atom. The number of ether oxygens (including phenoxy) is 3. The second-order valence-corrected chi connectivity index (χ2v) is 7.79. The second-order valence-electron chi connectivity index (χ2n) is 7.79. The number of amides is 1. The number of hydrogen-bond acceptors (Lipinski definition) is 5. The number of aromatic nitrogens is 1. The molecule has 0 saturated carbocycles. The van der Waals surface area contributed by atoms with Crippen LogP contribution >= 0.6 is 0 Å². The predicted molar refractivity (Wildman–Crippen MR) is 139 cm³/mol. The van der Waals surface area contributed by atoms with Gasteiger partial charge >= 0.3 is 0 Å². The fraction of sp³-hybridized carbons (Fsp3) is 0.103. The summed E-state index contributed by atoms with van der Waals surface area (Å²) in [4.78, 5) is 25.1. The Hall–Kier alpha value is -4.78. The third-order valence-corrected chi connectivity index (χ3v) is 5.39. The van der Waals surface area contributed by atoms with Gasteiger partial charge in [-0.3, -0.25) is 9.59 Å². The number of methoxy groups -OCH3 is 2. The van der Waals surface area contributed by atoms with Gasteiger partial charge in [0.25, 0.3) is 5.91 Å². The van der Waals surface area contributed by atoms with Crippen molar-refractivity contribution >= 4 is 23.5 Å². The molecule has 0 unspecified atom stereocenters. The Labute approximate surface area is 209 Å². The van der Waals surface area contributed by atoms with Crippen LogP contribution in [-0.2, 0) is 4.79 Å². The summed E-state index contributed by atoms with van der Waals surface area (Å²) in [6.45, 7) is -0.209. The lowest BCUT2D eigenvalue weighted by Crippen LogP contribution is -2.20. The van der Waals surface area contributed by atoms with Crippen LogP contribution in [-0.4, -0.2) is 37.1 Å². The third-order valence-electron chi connectivity index (χ3n) is 5.39. The van der Waals surface area contributed by atoms with Gasteiger partial charge in [-0.2, -0.15) is 0 Å². The fourth-order valence-corrected chi connectivity index (χ4v) is 3.58. The molecule has 0 aliphatic rings. The van der Waals surface area contributed by atoms with Gasteiger partial charge in [0.15, 0.2) is 23.9 Å². The maximum absolute atomic E-state index is 12.7. The zero-order valence-electron chi connectivity index (χ0n) is 20.0. The van der Waals surface area contributed by atoms with E-state index in [1.165, 1.54) is 20.3 Å². The average Bonchev–Trinajstić information content (AvgIpc) is 3.46. The van der Waals surface area contributed by atoms with E-state index < -0.39 is 0 Å². The van der Waals surface area contributed by atoms with E-state index in [9.17, 15) is 9.59 Å². The molecule has 1 heterocycles. The highest BCUT2D eigenvalue weighted by Gasteiger charge is 2.11. The number of rotatable bonds is 10. The lowest BCUT2D eigenvalue weighted by molar-refractivity contribution is -0.118. The Balaban J connectivity index is 1.39. The van der Waals surface area contributed by atoms with Crippen LogP contribution in [0.4, 0.5) is 5.69 Å². The molecular formula is C29H26N2O5. The minimum Gasteiger partial charge on any atom is -0.495 e. The van der Waals surface area contributed by atoms with E-state index in [4.69, 9.17) is 14.2 Å². The lowest BCUT2D eigenvalue weighted by atomic mass is 10.1. The molecule has 3 aromatic carbocycles. The topological polar surface area (TPSA) is 78.8 Å². The quantitative estimate of drug-likeness (QED) is 0.242. The van der Waals surface area contributed by atoms with E-state index in [-0.39, 0.29) is 18.3 Å². The van der Waals surface area contributed by atoms with Crippen molar-refractivity contribution in [3.05, 3.63) is 108 Å². The van der Waals surface area contributed by atoms with Crippen molar-refractivity contribution in [3.63, 3.8) is 0 Å². The number of carbonyl (C=O) groups excluding carboxylic acids is 2. The van der Waals surface area contributed by atoms with Gasteiger partial charge in [-0.25, -0.2) is 0 Å². The van der Waals surface area contributed by atoms with Crippen LogP contribution in [0.2, 0.25) is 0 Å². The smallest absolute Gasteiger partial charge is 0.262 e. The minimum absolute atomic E-state index is 0.115. The normalized spacial score (nSPS) is 10.7. The van der Waals surface area contributed by atoms with E-state index in [0.717, 1.165) is 11.3 Å². The summed E-state index contributed by atoms with van der Waals surface area (Å²) in [7, 11) is 3.05. The molecule has 0 fully saturated rings. The van der Waals surface area contributed by atoms with Gasteiger partial charge in [-0.15, -0.1) is 0 Å². The predicted octanol–water partition coefficient (Wildman–Crippen LogP) is 5.41. The number of carbonyl (C=O) groups is 2. The van der Waals surface area contributed by atoms with E-state index in [2.05, 4.69) is 5.32 Å². The number of para-hydroxylation sites is 2. The highest BCUT2D eigenvalue weighted by atomic mass is 16.5. The van der Waals surface area contributed by atoms with Gasteiger partial charge in [0.05, 0.1) is 19.9 Å². The van der Waals surface area contributed by atoms with Crippen LogP contribution in [0.3, 0.4) is 0 Å². The summed E-state index contributed by atoms with van der Waals surface area (Å²) < 4.78 is 18.3. The van der Waals surface area contributed by atoms with Crippen LogP contribution in [0.25, 0.3) is 11.8 Å². The maximum Gasteiger partial charge on any atom is 0.262 e. The molecule has 0 spiro atoms. The number of ketones is 1. The molecule has 0 bridgehead atoms. The molecule has 0 radical (unpaired) electrons. The molecule has 0 saturated heterocycles. The molecular weight excluding hydrogens is 456 g/mol. The van der Waals surface area contributed by atoms with Crippen LogP contribution in [0.15, 0.2) is 97.3 Å². The van der Waals surface area contributed by atoms with Gasteiger partial charge in [-0.1, -0.05) is 36.4 Å². The number of nitrogens with zero attached hydrogens (tertiary/aromatic N) is 1. The van der Waals surface area contributed by atoms with Gasteiger partial charge < -0.3 is 24.1 Å². The van der Waals surface area contributed by atoms with Gasteiger partial charge in [-0.05, 0) is 60.2 Å². The summed E-state index contributed by atoms with van der Waals surface area (Å²) in [5.74, 6) is 0.972. The monoisotopic (exact) mass is 482 g/mol. The highest BCUT2D eigenvalue weighted by molar-refractivity contribution is 6.07. The number of anilines is 1. The fourth-order valence-electron chi connectivity index (χ4n) is 3.58. The van der Waals surface area contributed by atoms with Gasteiger partial charge in [0.2, 0.25) is 0 Å². The van der Waals surface area contributed by atoms with Crippen molar-refractivity contribution < 1.29 is 23.8 Å². The van der Waals surface area contributed by atoms with Crippen LogP contribution in [0.1, 0.15) is 15.9 Å². The zero-order chi connectivity index (χ0) is 25.3. The lowest BCUT2D eigenvalue weighted by Gasteiger charge is -2.13. The first-order valence-electron chi connectivity index (χ1n) is 11.3. The van der Waals surface area contributed by atoms with Crippen molar-refractivity contribution in [1.29, 1.82) is 0 Å². The summed E-state index contributed by atoms with van der Waals surface area (Å²) in [6.07, 6.45) is 7.09. The molecule has 1 amide bonds. The Bertz CT molecular complexity index is 1380. The number of benzene rings is 3. The molecule has 4 rings (SSSR count). The second kappa shape index (κ2) is 11.6. The number of hydrogen-bond donors (Lipinski definition) is 1. The van der Waals surface area contributed by atoms with Crippen molar-refractivity contribution in [3.8, 4) is 22.9 Å². The summed E-state index contributed by atoms with van der Waals surface area (Å²) in [6, 6.07) is 23.7. The van der Waals surface area contributed by atoms with E-state index in [1.807, 2.05) is 53.4 Å². The minimum atomic E-state index is -0.335. The SMILES string of the molecule is COc1ccccc1NC(=O)COc1ccc(/C=C/C(=O)c2cccc(-n3cccc3)c2)cc1OC. The molecule has 1 aromatic heterocycles. The van der Waals surface area contributed by atoms with Gasteiger partial charge in [0, 0.05) is 23.6 Å². The summed E-state index contributed by atoms with van der Waals surface area (Å²) in [5, 5.41) is 2.76.